The van der Waals surface area contributed by atoms with Crippen LogP contribution in [0.5, 0.6) is 5.88 Å². The minimum atomic E-state index is 0.144. The molecule has 24 heavy (non-hydrogen) atoms. The Bertz CT molecular complexity index is 950. The summed E-state index contributed by atoms with van der Waals surface area (Å²) in [5.74, 6) is 0.563. The summed E-state index contributed by atoms with van der Waals surface area (Å²) in [5.41, 5.74) is 9.65. The van der Waals surface area contributed by atoms with E-state index in [2.05, 4.69) is 21.0 Å². The van der Waals surface area contributed by atoms with Gasteiger partial charge >= 0.3 is 0 Å². The second-order valence-electron chi connectivity index (χ2n) is 6.16. The van der Waals surface area contributed by atoms with E-state index in [9.17, 15) is 5.26 Å². The van der Waals surface area contributed by atoms with E-state index >= 15 is 0 Å². The number of hydrogen-bond acceptors (Lipinski definition) is 5. The maximum absolute atomic E-state index is 9.20. The van der Waals surface area contributed by atoms with Crippen molar-refractivity contribution < 1.29 is 4.74 Å². The quantitative estimate of drug-likeness (QED) is 0.773. The average Bonchev–Trinajstić information content (AvgIpc) is 2.99. The van der Waals surface area contributed by atoms with E-state index in [1.54, 1.807) is 12.3 Å². The van der Waals surface area contributed by atoms with Gasteiger partial charge in [0.2, 0.25) is 5.88 Å². The molecule has 0 saturated heterocycles. The number of nitrogens with zero attached hydrogens (tertiary/aromatic N) is 3. The molecule has 0 amide bonds. The first-order valence-corrected chi connectivity index (χ1v) is 7.92. The van der Waals surface area contributed by atoms with Gasteiger partial charge in [-0.3, -0.25) is 0 Å². The summed E-state index contributed by atoms with van der Waals surface area (Å²) in [6.45, 7) is 1.89. The number of aromatic amines is 1. The summed E-state index contributed by atoms with van der Waals surface area (Å²) >= 11 is 0. The molecular formula is C18H17N5O. The number of fused-ring (bicyclic) bond motifs is 1. The predicted octanol–water partition coefficient (Wildman–Crippen LogP) is 2.67. The van der Waals surface area contributed by atoms with Crippen LogP contribution in [0, 0.1) is 18.3 Å². The Balaban J connectivity index is 1.68. The van der Waals surface area contributed by atoms with Gasteiger partial charge in [-0.1, -0.05) is 12.1 Å². The molecule has 0 bridgehead atoms. The smallest absolute Gasteiger partial charge is 0.235 e. The monoisotopic (exact) mass is 319 g/mol. The summed E-state index contributed by atoms with van der Waals surface area (Å²) < 4.78 is 5.84. The minimum Gasteiger partial charge on any atom is -0.473 e. The Morgan fingerprint density at radius 2 is 2.21 bits per heavy atom. The fraction of sp³-hybridized carbons (Fsp3) is 0.278. The van der Waals surface area contributed by atoms with Gasteiger partial charge in [0.25, 0.3) is 0 Å². The number of hydrogen-bond donors (Lipinski definition) is 2. The van der Waals surface area contributed by atoms with Crippen molar-refractivity contribution >= 4 is 10.9 Å². The maximum Gasteiger partial charge on any atom is 0.235 e. The van der Waals surface area contributed by atoms with Gasteiger partial charge in [-0.2, -0.15) is 5.26 Å². The van der Waals surface area contributed by atoms with Crippen LogP contribution >= 0.6 is 0 Å². The number of nitriles is 1. The second-order valence-corrected chi connectivity index (χ2v) is 6.16. The van der Waals surface area contributed by atoms with Crippen molar-refractivity contribution in [2.75, 3.05) is 0 Å². The number of aryl methyl sites for hydroxylation is 1. The SMILES string of the molecule is Cc1nc(-c2c[nH]c3c(C#N)cccc23)cnc1OC1CC(N)C1. The fourth-order valence-corrected chi connectivity index (χ4v) is 3.04. The summed E-state index contributed by atoms with van der Waals surface area (Å²) in [4.78, 5) is 12.2. The number of H-pyrrole nitrogens is 1. The van der Waals surface area contributed by atoms with Gasteiger partial charge in [0.1, 0.15) is 17.9 Å². The lowest BCUT2D eigenvalue weighted by Gasteiger charge is -2.32. The number of nitrogens with one attached hydrogen (secondary N) is 1. The molecule has 6 heteroatoms. The second kappa shape index (κ2) is 5.62. The molecule has 4 rings (SSSR count). The van der Waals surface area contributed by atoms with Gasteiger partial charge in [-0.25, -0.2) is 9.97 Å². The first-order valence-electron chi connectivity index (χ1n) is 7.92. The van der Waals surface area contributed by atoms with E-state index in [0.29, 0.717) is 11.4 Å². The third-order valence-electron chi connectivity index (χ3n) is 4.42. The molecule has 6 nitrogen and oxygen atoms in total. The van der Waals surface area contributed by atoms with Crippen molar-refractivity contribution in [1.29, 1.82) is 5.26 Å². The molecule has 1 fully saturated rings. The lowest BCUT2D eigenvalue weighted by molar-refractivity contribution is 0.0944. The van der Waals surface area contributed by atoms with Gasteiger partial charge in [0.05, 0.1) is 23.0 Å². The first-order chi connectivity index (χ1) is 11.7. The van der Waals surface area contributed by atoms with E-state index in [4.69, 9.17) is 10.5 Å². The van der Waals surface area contributed by atoms with Crippen LogP contribution in [0.2, 0.25) is 0 Å². The summed E-state index contributed by atoms with van der Waals surface area (Å²) in [6.07, 6.45) is 5.44. The highest BCUT2D eigenvalue weighted by atomic mass is 16.5. The van der Waals surface area contributed by atoms with E-state index in [1.165, 1.54) is 0 Å². The van der Waals surface area contributed by atoms with Crippen molar-refractivity contribution in [3.05, 3.63) is 41.9 Å². The van der Waals surface area contributed by atoms with Crippen molar-refractivity contribution in [1.82, 2.24) is 15.0 Å². The summed E-state index contributed by atoms with van der Waals surface area (Å²) in [7, 11) is 0. The van der Waals surface area contributed by atoms with Crippen LogP contribution in [0.15, 0.2) is 30.6 Å². The molecule has 2 aromatic heterocycles. The largest absolute Gasteiger partial charge is 0.473 e. The topological polar surface area (TPSA) is 101 Å². The lowest BCUT2D eigenvalue weighted by Crippen LogP contribution is -2.43. The number of rotatable bonds is 3. The zero-order valence-electron chi connectivity index (χ0n) is 13.3. The van der Waals surface area contributed by atoms with Crippen LogP contribution < -0.4 is 10.5 Å². The molecule has 1 aliphatic carbocycles. The molecule has 0 unspecified atom stereocenters. The molecule has 0 radical (unpaired) electrons. The molecule has 1 aliphatic rings. The highest BCUT2D eigenvalue weighted by Crippen LogP contribution is 2.31. The van der Waals surface area contributed by atoms with Gasteiger partial charge in [-0.15, -0.1) is 0 Å². The Morgan fingerprint density at radius 3 is 2.92 bits per heavy atom. The first kappa shape index (κ1) is 14.7. The molecule has 2 heterocycles. The van der Waals surface area contributed by atoms with Crippen molar-refractivity contribution in [3.63, 3.8) is 0 Å². The summed E-state index contributed by atoms with van der Waals surface area (Å²) in [6, 6.07) is 8.07. The van der Waals surface area contributed by atoms with Crippen LogP contribution in [-0.2, 0) is 0 Å². The van der Waals surface area contributed by atoms with Gasteiger partial charge < -0.3 is 15.5 Å². The molecule has 0 spiro atoms. The zero-order valence-corrected chi connectivity index (χ0v) is 13.3. The molecule has 1 aromatic carbocycles. The van der Waals surface area contributed by atoms with Crippen LogP contribution in [0.3, 0.4) is 0 Å². The molecule has 0 aliphatic heterocycles. The molecule has 120 valence electrons. The number of nitrogens with two attached hydrogens (primary N) is 1. The van der Waals surface area contributed by atoms with Gasteiger partial charge in [0.15, 0.2) is 0 Å². The lowest BCUT2D eigenvalue weighted by atomic mass is 9.90. The molecule has 3 aromatic rings. The Hall–Kier alpha value is -2.91. The molecule has 3 N–H and O–H groups in total. The van der Waals surface area contributed by atoms with Gasteiger partial charge in [-0.05, 0) is 25.8 Å². The third kappa shape index (κ3) is 2.39. The standard InChI is InChI=1S/C18H17N5O/c1-10-18(24-13-5-12(20)6-13)22-9-16(23-10)15-8-21-17-11(7-19)3-2-4-14(15)17/h2-4,8-9,12-13,21H,5-6,20H2,1H3. The van der Waals surface area contributed by atoms with Crippen molar-refractivity contribution in [3.8, 4) is 23.2 Å². The van der Waals surface area contributed by atoms with Crippen LogP contribution in [-0.4, -0.2) is 27.1 Å². The van der Waals surface area contributed by atoms with Crippen molar-refractivity contribution in [2.45, 2.75) is 31.9 Å². The van der Waals surface area contributed by atoms with Crippen LogP contribution in [0.1, 0.15) is 24.1 Å². The van der Waals surface area contributed by atoms with E-state index in [-0.39, 0.29) is 12.1 Å². The van der Waals surface area contributed by atoms with E-state index < -0.39 is 0 Å². The molecular weight excluding hydrogens is 302 g/mol. The highest BCUT2D eigenvalue weighted by Gasteiger charge is 2.28. The normalized spacial score (nSPS) is 19.7. The summed E-state index contributed by atoms with van der Waals surface area (Å²) in [5, 5.41) is 10.2. The van der Waals surface area contributed by atoms with Crippen LogP contribution in [0.25, 0.3) is 22.2 Å². The number of aromatic nitrogens is 3. The number of para-hydroxylation sites is 1. The Morgan fingerprint density at radius 1 is 1.38 bits per heavy atom. The van der Waals surface area contributed by atoms with Crippen LogP contribution in [0.4, 0.5) is 0 Å². The molecule has 0 atom stereocenters. The number of benzene rings is 1. The maximum atomic E-state index is 9.20. The highest BCUT2D eigenvalue weighted by molar-refractivity contribution is 5.97. The fourth-order valence-electron chi connectivity index (χ4n) is 3.04. The zero-order chi connectivity index (χ0) is 16.7. The predicted molar refractivity (Wildman–Crippen MR) is 90.4 cm³/mol. The van der Waals surface area contributed by atoms with E-state index in [1.807, 2.05) is 25.3 Å². The minimum absolute atomic E-state index is 0.144. The average molecular weight is 319 g/mol. The number of ether oxygens (including phenoxy) is 1. The third-order valence-corrected chi connectivity index (χ3v) is 4.42. The Kier molecular flexibility index (Phi) is 3.44. The van der Waals surface area contributed by atoms with Crippen molar-refractivity contribution in [2.24, 2.45) is 5.73 Å². The van der Waals surface area contributed by atoms with E-state index in [0.717, 1.165) is 40.7 Å². The Labute approximate surface area is 139 Å². The van der Waals surface area contributed by atoms with Gasteiger partial charge in [0, 0.05) is 23.2 Å². The molecule has 1 saturated carbocycles.